The number of hydrogen-bond acceptors (Lipinski definition) is 6. The first kappa shape index (κ1) is 69.3. The molecule has 0 amide bonds. The lowest BCUT2D eigenvalue weighted by Crippen LogP contribution is -2.30. The van der Waals surface area contributed by atoms with Crippen LogP contribution in [0, 0.1) is 0 Å². The molecule has 1 unspecified atom stereocenters. The van der Waals surface area contributed by atoms with Crippen LogP contribution in [0.5, 0.6) is 0 Å². The summed E-state index contributed by atoms with van der Waals surface area (Å²) in [7, 11) is 0. The molecule has 0 bridgehead atoms. The molecule has 0 aromatic rings. The third-order valence-electron chi connectivity index (χ3n) is 13.1. The maximum absolute atomic E-state index is 12.9. The SMILES string of the molecule is CC/C=C\C/C=C\C/C=C\C/C=C\C/C=C\C/C=C\CCCCCCCCC(=O)OCC(COC(=O)CCCCCCCCCCCCCC)OC(=O)CCCCCCCCC/C=C\C/C=C\CCCCCC. The molecule has 418 valence electrons. The number of allylic oxidation sites excluding steroid dienone is 16. The average Bonchev–Trinajstić information content (AvgIpc) is 3.39. The lowest BCUT2D eigenvalue weighted by atomic mass is 10.0. The fraction of sp³-hybridized carbons (Fsp3) is 0.716. The standard InChI is InChI=1S/C67H114O6/c1-4-7-10-13-16-19-22-25-27-29-31-32-33-34-35-36-37-39-40-42-45-48-51-54-57-60-66(69)72-63-64(62-71-65(68)59-56-53-50-47-44-24-21-18-15-12-9-6-3)73-67(70)61-58-55-52-49-46-43-41-38-30-28-26-23-20-17-14-11-8-5-2/h7,10,16,19-20,23,25,27-28,30-32,34-35,37,39,64H,4-6,8-9,11-15,17-18,21-22,24,26,29,33,36,38,40-63H2,1-3H3/b10-7-,19-16-,23-20-,27-25-,30-28-,32-31-,35-34-,39-37-. The molecular formula is C67H114O6. The first-order chi connectivity index (χ1) is 36.0. The minimum atomic E-state index is -0.788. The molecule has 0 heterocycles. The van der Waals surface area contributed by atoms with E-state index in [2.05, 4.69) is 118 Å². The monoisotopic (exact) mass is 1010 g/mol. The van der Waals surface area contributed by atoms with E-state index in [0.29, 0.717) is 19.3 Å². The molecule has 0 saturated carbocycles. The van der Waals surface area contributed by atoms with E-state index in [1.807, 2.05) is 0 Å². The highest BCUT2D eigenvalue weighted by Crippen LogP contribution is 2.15. The van der Waals surface area contributed by atoms with Crippen molar-refractivity contribution in [3.63, 3.8) is 0 Å². The normalized spacial score (nSPS) is 12.8. The number of ether oxygens (including phenoxy) is 3. The molecule has 0 fully saturated rings. The van der Waals surface area contributed by atoms with Gasteiger partial charge in [-0.15, -0.1) is 0 Å². The van der Waals surface area contributed by atoms with Crippen LogP contribution in [-0.2, 0) is 28.6 Å². The largest absolute Gasteiger partial charge is 0.462 e. The molecular weight excluding hydrogens is 901 g/mol. The highest BCUT2D eigenvalue weighted by molar-refractivity contribution is 5.71. The van der Waals surface area contributed by atoms with Crippen molar-refractivity contribution >= 4 is 17.9 Å². The average molecular weight is 1020 g/mol. The zero-order valence-electron chi connectivity index (χ0n) is 47.9. The van der Waals surface area contributed by atoms with E-state index >= 15 is 0 Å². The molecule has 1 atom stereocenters. The lowest BCUT2D eigenvalue weighted by molar-refractivity contribution is -0.167. The van der Waals surface area contributed by atoms with Crippen LogP contribution in [-0.4, -0.2) is 37.2 Å². The number of esters is 3. The summed E-state index contributed by atoms with van der Waals surface area (Å²) in [5.41, 5.74) is 0. The minimum Gasteiger partial charge on any atom is -0.462 e. The number of carbonyl (C=O) groups excluding carboxylic acids is 3. The third kappa shape index (κ3) is 59.1. The Hall–Kier alpha value is -3.67. The summed E-state index contributed by atoms with van der Waals surface area (Å²) in [6.45, 7) is 6.51. The van der Waals surface area contributed by atoms with E-state index in [1.54, 1.807) is 0 Å². The second kappa shape index (κ2) is 60.9. The van der Waals surface area contributed by atoms with Crippen molar-refractivity contribution in [1.82, 2.24) is 0 Å². The summed E-state index contributed by atoms with van der Waals surface area (Å²) < 4.78 is 16.9. The molecule has 6 nitrogen and oxygen atoms in total. The van der Waals surface area contributed by atoms with Crippen LogP contribution in [0.25, 0.3) is 0 Å². The Morgan fingerprint density at radius 3 is 0.849 bits per heavy atom. The van der Waals surface area contributed by atoms with Gasteiger partial charge in [0.15, 0.2) is 6.10 Å². The van der Waals surface area contributed by atoms with Crippen LogP contribution in [0.3, 0.4) is 0 Å². The Balaban J connectivity index is 4.37. The van der Waals surface area contributed by atoms with E-state index in [4.69, 9.17) is 14.2 Å². The van der Waals surface area contributed by atoms with Crippen molar-refractivity contribution in [1.29, 1.82) is 0 Å². The molecule has 73 heavy (non-hydrogen) atoms. The number of rotatable bonds is 55. The van der Waals surface area contributed by atoms with Crippen molar-refractivity contribution in [2.24, 2.45) is 0 Å². The van der Waals surface area contributed by atoms with Gasteiger partial charge in [-0.25, -0.2) is 0 Å². The second-order valence-electron chi connectivity index (χ2n) is 20.2. The summed E-state index contributed by atoms with van der Waals surface area (Å²) in [4.78, 5) is 38.2. The molecule has 0 rings (SSSR count). The zero-order chi connectivity index (χ0) is 52.9. The summed E-state index contributed by atoms with van der Waals surface area (Å²) in [5, 5.41) is 0. The minimum absolute atomic E-state index is 0.0836. The maximum atomic E-state index is 12.9. The van der Waals surface area contributed by atoms with Crippen LogP contribution in [0.2, 0.25) is 0 Å². The topological polar surface area (TPSA) is 78.9 Å². The maximum Gasteiger partial charge on any atom is 0.306 e. The van der Waals surface area contributed by atoms with Crippen LogP contribution < -0.4 is 0 Å². The van der Waals surface area contributed by atoms with Crippen LogP contribution in [0.1, 0.15) is 290 Å². The molecule has 0 saturated heterocycles. The van der Waals surface area contributed by atoms with E-state index in [9.17, 15) is 14.4 Å². The summed E-state index contributed by atoms with van der Waals surface area (Å²) in [5.74, 6) is -0.899. The Labute approximate surface area is 451 Å². The van der Waals surface area contributed by atoms with Crippen molar-refractivity contribution in [3.8, 4) is 0 Å². The smallest absolute Gasteiger partial charge is 0.306 e. The third-order valence-corrected chi connectivity index (χ3v) is 13.1. The van der Waals surface area contributed by atoms with Gasteiger partial charge < -0.3 is 14.2 Å². The molecule has 0 spiro atoms. The van der Waals surface area contributed by atoms with Gasteiger partial charge in [-0.05, 0) is 103 Å². The quantitative estimate of drug-likeness (QED) is 0.0261. The number of unbranched alkanes of at least 4 members (excludes halogenated alkanes) is 28. The fourth-order valence-electron chi connectivity index (χ4n) is 8.48. The number of carbonyl (C=O) groups is 3. The van der Waals surface area contributed by atoms with Gasteiger partial charge in [0.1, 0.15) is 13.2 Å². The van der Waals surface area contributed by atoms with Gasteiger partial charge >= 0.3 is 17.9 Å². The van der Waals surface area contributed by atoms with E-state index < -0.39 is 6.10 Å². The number of hydrogen-bond donors (Lipinski definition) is 0. The predicted octanol–water partition coefficient (Wildman–Crippen LogP) is 20.9. The predicted molar refractivity (Wildman–Crippen MR) is 316 cm³/mol. The van der Waals surface area contributed by atoms with Crippen LogP contribution in [0.4, 0.5) is 0 Å². The van der Waals surface area contributed by atoms with Gasteiger partial charge in [0.05, 0.1) is 0 Å². The molecule has 0 aliphatic rings. The molecule has 0 aliphatic carbocycles. The van der Waals surface area contributed by atoms with Crippen LogP contribution >= 0.6 is 0 Å². The van der Waals surface area contributed by atoms with Crippen molar-refractivity contribution in [3.05, 3.63) is 97.2 Å². The van der Waals surface area contributed by atoms with Crippen molar-refractivity contribution < 1.29 is 28.6 Å². The summed E-state index contributed by atoms with van der Waals surface area (Å²) in [6.07, 6.45) is 81.1. The molecule has 0 aliphatic heterocycles. The first-order valence-corrected chi connectivity index (χ1v) is 30.7. The van der Waals surface area contributed by atoms with Gasteiger partial charge in [-0.2, -0.15) is 0 Å². The molecule has 0 radical (unpaired) electrons. The highest BCUT2D eigenvalue weighted by atomic mass is 16.6. The molecule has 0 aromatic heterocycles. The van der Waals surface area contributed by atoms with Gasteiger partial charge in [0.25, 0.3) is 0 Å². The van der Waals surface area contributed by atoms with E-state index in [-0.39, 0.29) is 31.1 Å². The van der Waals surface area contributed by atoms with Crippen molar-refractivity contribution in [2.45, 2.75) is 297 Å². The second-order valence-corrected chi connectivity index (χ2v) is 20.2. The molecule has 6 heteroatoms. The van der Waals surface area contributed by atoms with Gasteiger partial charge in [0.2, 0.25) is 0 Å². The summed E-state index contributed by atoms with van der Waals surface area (Å²) >= 11 is 0. The first-order valence-electron chi connectivity index (χ1n) is 30.7. The zero-order valence-corrected chi connectivity index (χ0v) is 47.9. The fourth-order valence-corrected chi connectivity index (χ4v) is 8.48. The summed E-state index contributed by atoms with van der Waals surface area (Å²) in [6, 6.07) is 0. The lowest BCUT2D eigenvalue weighted by Gasteiger charge is -2.18. The van der Waals surface area contributed by atoms with Gasteiger partial charge in [-0.1, -0.05) is 266 Å². The van der Waals surface area contributed by atoms with Gasteiger partial charge in [-0.3, -0.25) is 14.4 Å². The molecule has 0 aromatic carbocycles. The Morgan fingerprint density at radius 2 is 0.534 bits per heavy atom. The Bertz CT molecular complexity index is 1440. The van der Waals surface area contributed by atoms with Crippen molar-refractivity contribution in [2.75, 3.05) is 13.2 Å². The molecule has 0 N–H and O–H groups in total. The Kier molecular flexibility index (Phi) is 57.8. The van der Waals surface area contributed by atoms with E-state index in [0.717, 1.165) is 122 Å². The van der Waals surface area contributed by atoms with E-state index in [1.165, 1.54) is 128 Å². The Morgan fingerprint density at radius 1 is 0.288 bits per heavy atom. The van der Waals surface area contributed by atoms with Gasteiger partial charge in [0, 0.05) is 19.3 Å². The highest BCUT2D eigenvalue weighted by Gasteiger charge is 2.19. The van der Waals surface area contributed by atoms with Crippen LogP contribution in [0.15, 0.2) is 97.2 Å².